The Morgan fingerprint density at radius 2 is 1.79 bits per heavy atom. The highest BCUT2D eigenvalue weighted by Gasteiger charge is 2.11. The van der Waals surface area contributed by atoms with Crippen molar-refractivity contribution in [2.75, 3.05) is 12.0 Å². The van der Waals surface area contributed by atoms with Gasteiger partial charge in [0.1, 0.15) is 5.75 Å². The van der Waals surface area contributed by atoms with Crippen molar-refractivity contribution in [2.45, 2.75) is 13.0 Å². The van der Waals surface area contributed by atoms with E-state index in [1.807, 2.05) is 0 Å². The third kappa shape index (κ3) is 6.01. The van der Waals surface area contributed by atoms with Crippen molar-refractivity contribution in [3.63, 3.8) is 0 Å². The lowest BCUT2D eigenvalue weighted by Gasteiger charge is -2.09. The highest BCUT2D eigenvalue weighted by Crippen LogP contribution is 2.09. The molecule has 7 heteroatoms. The highest BCUT2D eigenvalue weighted by molar-refractivity contribution is 7.91. The molecule has 104 valence electrons. The lowest BCUT2D eigenvalue weighted by molar-refractivity contribution is -0.136. The number of sulfone groups is 1. The smallest absolute Gasteiger partial charge is 0.307 e. The van der Waals surface area contributed by atoms with Gasteiger partial charge in [-0.1, -0.05) is 24.3 Å². The Morgan fingerprint density at radius 3 is 2.32 bits per heavy atom. The fourth-order valence-corrected chi connectivity index (χ4v) is 2.13. The Balaban J connectivity index is 2.67. The van der Waals surface area contributed by atoms with Crippen LogP contribution in [0.1, 0.15) is 11.1 Å². The number of hydrogen-bond donors (Lipinski definition) is 2. The Labute approximate surface area is 111 Å². The molecule has 0 atom stereocenters. The second kappa shape index (κ2) is 6.33. The first-order valence-corrected chi connectivity index (χ1v) is 7.57. The maximum absolute atomic E-state index is 11.4. The van der Waals surface area contributed by atoms with Gasteiger partial charge in [0.25, 0.3) is 0 Å². The molecule has 2 N–H and O–H groups in total. The second-order valence-corrected chi connectivity index (χ2v) is 6.33. The Hall–Kier alpha value is -1.89. The van der Waals surface area contributed by atoms with Gasteiger partial charge in [-0.25, -0.2) is 8.42 Å². The molecular formula is C12H15NO5S. The van der Waals surface area contributed by atoms with Crippen molar-refractivity contribution in [2.24, 2.45) is 0 Å². The van der Waals surface area contributed by atoms with Crippen LogP contribution in [0.15, 0.2) is 24.3 Å². The summed E-state index contributed by atoms with van der Waals surface area (Å²) in [6.07, 6.45) is 0.836. The average Bonchev–Trinajstić information content (AvgIpc) is 2.24. The zero-order valence-corrected chi connectivity index (χ0v) is 11.2. The van der Waals surface area contributed by atoms with Crippen LogP contribution in [0.5, 0.6) is 0 Å². The van der Waals surface area contributed by atoms with Crippen LogP contribution in [0.4, 0.5) is 0 Å². The lowest BCUT2D eigenvalue weighted by atomic mass is 10.0. The van der Waals surface area contributed by atoms with Gasteiger partial charge in [0.05, 0.1) is 6.42 Å². The largest absolute Gasteiger partial charge is 0.481 e. The van der Waals surface area contributed by atoms with E-state index in [0.717, 1.165) is 6.26 Å². The highest BCUT2D eigenvalue weighted by atomic mass is 32.2. The standard InChI is InChI=1S/C12H15NO5S/c1-19(17,18)8-11(14)13-7-10-5-3-2-4-9(10)6-12(15)16/h2-5H,6-8H2,1H3,(H,13,14)(H,15,16). The summed E-state index contributed by atoms with van der Waals surface area (Å²) in [7, 11) is -3.36. The summed E-state index contributed by atoms with van der Waals surface area (Å²) in [5.74, 6) is -2.14. The molecule has 19 heavy (non-hydrogen) atoms. The third-order valence-corrected chi connectivity index (χ3v) is 3.12. The van der Waals surface area contributed by atoms with Crippen molar-refractivity contribution in [3.8, 4) is 0 Å². The third-order valence-electron chi connectivity index (χ3n) is 2.33. The summed E-state index contributed by atoms with van der Waals surface area (Å²) >= 11 is 0. The molecule has 0 unspecified atom stereocenters. The monoisotopic (exact) mass is 285 g/mol. The van der Waals surface area contributed by atoms with E-state index in [9.17, 15) is 18.0 Å². The molecule has 0 bridgehead atoms. The lowest BCUT2D eigenvalue weighted by Crippen LogP contribution is -2.29. The molecule has 1 aromatic carbocycles. The fraction of sp³-hybridized carbons (Fsp3) is 0.333. The molecule has 1 rings (SSSR count). The van der Waals surface area contributed by atoms with Gasteiger partial charge in [0.15, 0.2) is 9.84 Å². The summed E-state index contributed by atoms with van der Waals surface area (Å²) < 4.78 is 21.9. The van der Waals surface area contributed by atoms with Gasteiger partial charge in [-0.15, -0.1) is 0 Å². The van der Waals surface area contributed by atoms with Crippen LogP contribution in [0.3, 0.4) is 0 Å². The molecule has 0 aliphatic carbocycles. The van der Waals surface area contributed by atoms with Gasteiger partial charge in [-0.3, -0.25) is 9.59 Å². The number of nitrogens with one attached hydrogen (secondary N) is 1. The van der Waals surface area contributed by atoms with Crippen LogP contribution < -0.4 is 5.32 Å². The minimum atomic E-state index is -3.36. The molecule has 1 amide bonds. The SMILES string of the molecule is CS(=O)(=O)CC(=O)NCc1ccccc1CC(=O)O. The molecule has 0 fully saturated rings. The number of carboxylic acids is 1. The molecule has 0 radical (unpaired) electrons. The number of carboxylic acid groups (broad SMARTS) is 1. The molecule has 6 nitrogen and oxygen atoms in total. The van der Waals surface area contributed by atoms with Gasteiger partial charge in [0.2, 0.25) is 5.91 Å². The van der Waals surface area contributed by atoms with E-state index in [1.165, 1.54) is 0 Å². The van der Waals surface area contributed by atoms with Gasteiger partial charge in [-0.05, 0) is 11.1 Å². The fourth-order valence-electron chi connectivity index (χ4n) is 1.55. The molecule has 0 aliphatic heterocycles. The Bertz CT molecular complexity index is 580. The van der Waals surface area contributed by atoms with E-state index in [2.05, 4.69) is 5.32 Å². The molecule has 0 heterocycles. The number of aliphatic carboxylic acids is 1. The maximum atomic E-state index is 11.4. The molecule has 0 spiro atoms. The van der Waals surface area contributed by atoms with Gasteiger partial charge in [0, 0.05) is 12.8 Å². The van der Waals surface area contributed by atoms with E-state index in [0.29, 0.717) is 11.1 Å². The molecular weight excluding hydrogens is 270 g/mol. The molecule has 1 aromatic rings. The Morgan fingerprint density at radius 1 is 1.21 bits per heavy atom. The summed E-state index contributed by atoms with van der Waals surface area (Å²) in [6, 6.07) is 6.79. The predicted molar refractivity (Wildman–Crippen MR) is 69.3 cm³/mol. The number of rotatable bonds is 6. The van der Waals surface area contributed by atoms with Crippen LogP contribution in [0, 0.1) is 0 Å². The van der Waals surface area contributed by atoms with Crippen LogP contribution in [-0.4, -0.2) is 37.4 Å². The number of carbonyl (C=O) groups is 2. The summed E-state index contributed by atoms with van der Waals surface area (Å²) in [4.78, 5) is 22.0. The molecule has 0 saturated carbocycles. The molecule has 0 aromatic heterocycles. The summed E-state index contributed by atoms with van der Waals surface area (Å²) in [6.45, 7) is 0.109. The number of amides is 1. The van der Waals surface area contributed by atoms with Crippen molar-refractivity contribution < 1.29 is 23.1 Å². The second-order valence-electron chi connectivity index (χ2n) is 4.19. The quantitative estimate of drug-likeness (QED) is 0.764. The normalized spacial score (nSPS) is 11.0. The zero-order chi connectivity index (χ0) is 14.5. The Kier molecular flexibility index (Phi) is 5.05. The predicted octanol–water partition coefficient (Wildman–Crippen LogP) is -0.0255. The van der Waals surface area contributed by atoms with E-state index < -0.39 is 27.5 Å². The van der Waals surface area contributed by atoms with Crippen LogP contribution in [0.2, 0.25) is 0 Å². The van der Waals surface area contributed by atoms with Gasteiger partial charge < -0.3 is 10.4 Å². The molecule has 0 aliphatic rings. The first-order chi connectivity index (χ1) is 8.78. The van der Waals surface area contributed by atoms with E-state index in [4.69, 9.17) is 5.11 Å². The van der Waals surface area contributed by atoms with Crippen molar-refractivity contribution >= 4 is 21.7 Å². The van der Waals surface area contributed by atoms with Gasteiger partial charge in [-0.2, -0.15) is 0 Å². The first-order valence-electron chi connectivity index (χ1n) is 5.51. The van der Waals surface area contributed by atoms with Crippen molar-refractivity contribution in [1.82, 2.24) is 5.32 Å². The van der Waals surface area contributed by atoms with Crippen LogP contribution in [0.25, 0.3) is 0 Å². The topological polar surface area (TPSA) is 101 Å². The van der Waals surface area contributed by atoms with Crippen molar-refractivity contribution in [3.05, 3.63) is 35.4 Å². The summed E-state index contributed by atoms with van der Waals surface area (Å²) in [5, 5.41) is 11.2. The van der Waals surface area contributed by atoms with Crippen LogP contribution >= 0.6 is 0 Å². The van der Waals surface area contributed by atoms with E-state index >= 15 is 0 Å². The molecule has 0 saturated heterocycles. The number of hydrogen-bond acceptors (Lipinski definition) is 4. The van der Waals surface area contributed by atoms with Gasteiger partial charge >= 0.3 is 5.97 Å². The first kappa shape index (κ1) is 15.2. The zero-order valence-electron chi connectivity index (χ0n) is 10.4. The van der Waals surface area contributed by atoms with E-state index in [-0.39, 0.29) is 13.0 Å². The van der Waals surface area contributed by atoms with Crippen LogP contribution in [-0.2, 0) is 32.4 Å². The minimum absolute atomic E-state index is 0.109. The van der Waals surface area contributed by atoms with E-state index in [1.54, 1.807) is 24.3 Å². The maximum Gasteiger partial charge on any atom is 0.307 e. The van der Waals surface area contributed by atoms with Crippen molar-refractivity contribution in [1.29, 1.82) is 0 Å². The number of benzene rings is 1. The summed E-state index contributed by atoms with van der Waals surface area (Å²) in [5.41, 5.74) is 1.25. The minimum Gasteiger partial charge on any atom is -0.481 e. The number of carbonyl (C=O) groups excluding carboxylic acids is 1. The average molecular weight is 285 g/mol.